The zero-order valence-corrected chi connectivity index (χ0v) is 18.0. The van der Waals surface area contributed by atoms with Crippen LogP contribution in [0, 0.1) is 0 Å². The molecule has 2 aromatic carbocycles. The summed E-state index contributed by atoms with van der Waals surface area (Å²) in [6.45, 7) is 2.06. The minimum absolute atomic E-state index is 0.0521. The second-order valence-electron chi connectivity index (χ2n) is 8.29. The van der Waals surface area contributed by atoms with Gasteiger partial charge < -0.3 is 4.74 Å². The van der Waals surface area contributed by atoms with Crippen molar-refractivity contribution in [1.82, 2.24) is 9.78 Å². The Hall–Kier alpha value is -3.40. The van der Waals surface area contributed by atoms with Gasteiger partial charge in [0, 0.05) is 23.1 Å². The summed E-state index contributed by atoms with van der Waals surface area (Å²) in [5.41, 5.74) is 8.22. The van der Waals surface area contributed by atoms with Gasteiger partial charge in [0.05, 0.1) is 12.8 Å². The first-order chi connectivity index (χ1) is 15.2. The minimum atomic E-state index is -0.0521. The number of rotatable bonds is 4. The Kier molecular flexibility index (Phi) is 5.06. The molecule has 2 heterocycles. The molecule has 0 atom stereocenters. The molecule has 0 amide bonds. The molecule has 0 bridgehead atoms. The lowest BCUT2D eigenvalue weighted by molar-refractivity contribution is 0.0958. The molecule has 1 aromatic heterocycles. The maximum atomic E-state index is 13.7. The second kappa shape index (κ2) is 8.03. The van der Waals surface area contributed by atoms with Crippen LogP contribution in [-0.2, 0) is 6.42 Å². The zero-order valence-electron chi connectivity index (χ0n) is 18.0. The standard InChI is InChI=1S/C27H26N2O2/c1-18-17-23-25(19-9-5-3-6-10-19)26(21-11-7-4-8-12-21)28-29(23)27(30)24(18)20-13-15-22(31-2)16-14-20/h4,7-9,11-16H,3,5-6,10,17H2,1-2H3. The lowest BCUT2D eigenvalue weighted by atomic mass is 9.87. The molecule has 2 aliphatic rings. The number of carbonyl (C=O) groups is 1. The van der Waals surface area contributed by atoms with Gasteiger partial charge in [0.2, 0.25) is 0 Å². The summed E-state index contributed by atoms with van der Waals surface area (Å²) in [5, 5.41) is 4.89. The predicted octanol–water partition coefficient (Wildman–Crippen LogP) is 6.19. The predicted molar refractivity (Wildman–Crippen MR) is 124 cm³/mol. The molecule has 5 rings (SSSR count). The van der Waals surface area contributed by atoms with Crippen molar-refractivity contribution in [3.63, 3.8) is 0 Å². The minimum Gasteiger partial charge on any atom is -0.497 e. The summed E-state index contributed by atoms with van der Waals surface area (Å²) in [6.07, 6.45) is 7.61. The molecular formula is C27H26N2O2. The number of aromatic nitrogens is 2. The molecule has 4 nitrogen and oxygen atoms in total. The summed E-state index contributed by atoms with van der Waals surface area (Å²) >= 11 is 0. The molecular weight excluding hydrogens is 384 g/mol. The molecule has 0 saturated heterocycles. The van der Waals surface area contributed by atoms with E-state index in [-0.39, 0.29) is 5.91 Å². The quantitative estimate of drug-likeness (QED) is 0.515. The number of hydrogen-bond acceptors (Lipinski definition) is 3. The summed E-state index contributed by atoms with van der Waals surface area (Å²) in [4.78, 5) is 13.7. The van der Waals surface area contributed by atoms with Gasteiger partial charge in [-0.2, -0.15) is 9.78 Å². The third-order valence-electron chi connectivity index (χ3n) is 6.28. The van der Waals surface area contributed by atoms with Crippen LogP contribution in [0.1, 0.15) is 54.2 Å². The Bertz CT molecular complexity index is 1200. The Labute approximate surface area is 182 Å². The van der Waals surface area contributed by atoms with E-state index >= 15 is 0 Å². The number of fused-ring (bicyclic) bond motifs is 1. The smallest absolute Gasteiger partial charge is 0.279 e. The summed E-state index contributed by atoms with van der Waals surface area (Å²) in [5.74, 6) is 0.728. The molecule has 0 N–H and O–H groups in total. The first kappa shape index (κ1) is 19.6. The van der Waals surface area contributed by atoms with E-state index in [9.17, 15) is 4.79 Å². The van der Waals surface area contributed by atoms with Crippen molar-refractivity contribution in [3.8, 4) is 17.0 Å². The van der Waals surface area contributed by atoms with Crippen molar-refractivity contribution in [2.45, 2.75) is 39.0 Å². The largest absolute Gasteiger partial charge is 0.497 e. The normalized spacial score (nSPS) is 16.2. The van der Waals surface area contributed by atoms with Gasteiger partial charge in [0.25, 0.3) is 5.91 Å². The number of carbonyl (C=O) groups excluding carboxylic acids is 1. The SMILES string of the molecule is COc1ccc(C2=C(C)Cc3c(C4=CCCCC4)c(-c4ccccc4)nn3C2=O)cc1. The average molecular weight is 411 g/mol. The average Bonchev–Trinajstić information content (AvgIpc) is 3.20. The van der Waals surface area contributed by atoms with E-state index in [1.807, 2.05) is 42.5 Å². The number of benzene rings is 2. The van der Waals surface area contributed by atoms with E-state index in [0.29, 0.717) is 0 Å². The zero-order chi connectivity index (χ0) is 21.4. The maximum absolute atomic E-state index is 13.7. The van der Waals surface area contributed by atoms with Crippen LogP contribution in [0.4, 0.5) is 0 Å². The van der Waals surface area contributed by atoms with Crippen LogP contribution in [0.25, 0.3) is 22.4 Å². The summed E-state index contributed by atoms with van der Waals surface area (Å²) in [6, 6.07) is 17.9. The van der Waals surface area contributed by atoms with E-state index < -0.39 is 0 Å². The molecule has 0 fully saturated rings. The van der Waals surface area contributed by atoms with Gasteiger partial charge in [-0.05, 0) is 55.9 Å². The van der Waals surface area contributed by atoms with Crippen LogP contribution in [0.15, 0.2) is 66.2 Å². The van der Waals surface area contributed by atoms with E-state index in [2.05, 4.69) is 25.1 Å². The van der Waals surface area contributed by atoms with Crippen molar-refractivity contribution in [2.24, 2.45) is 0 Å². The van der Waals surface area contributed by atoms with Crippen LogP contribution in [0.3, 0.4) is 0 Å². The van der Waals surface area contributed by atoms with Crippen molar-refractivity contribution in [1.29, 1.82) is 0 Å². The van der Waals surface area contributed by atoms with Gasteiger partial charge in [0.1, 0.15) is 11.4 Å². The van der Waals surface area contributed by atoms with Crippen molar-refractivity contribution in [2.75, 3.05) is 7.11 Å². The molecule has 0 saturated carbocycles. The van der Waals surface area contributed by atoms with Crippen LogP contribution in [0.2, 0.25) is 0 Å². The van der Waals surface area contributed by atoms with E-state index in [0.717, 1.165) is 64.2 Å². The monoisotopic (exact) mass is 410 g/mol. The fourth-order valence-electron chi connectivity index (χ4n) is 4.74. The van der Waals surface area contributed by atoms with Crippen LogP contribution in [-0.4, -0.2) is 22.8 Å². The molecule has 0 unspecified atom stereocenters. The Morgan fingerprint density at radius 2 is 1.74 bits per heavy atom. The van der Waals surface area contributed by atoms with E-state index in [1.165, 1.54) is 18.4 Å². The highest BCUT2D eigenvalue weighted by atomic mass is 16.5. The third-order valence-corrected chi connectivity index (χ3v) is 6.28. The molecule has 0 radical (unpaired) electrons. The van der Waals surface area contributed by atoms with Crippen LogP contribution in [0.5, 0.6) is 5.75 Å². The van der Waals surface area contributed by atoms with Crippen molar-refractivity contribution >= 4 is 17.1 Å². The molecule has 4 heteroatoms. The number of ether oxygens (including phenoxy) is 1. The van der Waals surface area contributed by atoms with Gasteiger partial charge in [-0.1, -0.05) is 54.1 Å². The van der Waals surface area contributed by atoms with Gasteiger partial charge in [0.15, 0.2) is 0 Å². The number of allylic oxidation sites excluding steroid dienone is 4. The maximum Gasteiger partial charge on any atom is 0.279 e. The first-order valence-corrected chi connectivity index (χ1v) is 10.9. The Balaban J connectivity index is 1.65. The fourth-order valence-corrected chi connectivity index (χ4v) is 4.74. The number of nitrogens with zero attached hydrogens (tertiary/aromatic N) is 2. The first-order valence-electron chi connectivity index (χ1n) is 10.9. The van der Waals surface area contributed by atoms with Gasteiger partial charge in [-0.3, -0.25) is 4.79 Å². The molecule has 1 aliphatic carbocycles. The lowest BCUT2D eigenvalue weighted by Crippen LogP contribution is -2.23. The highest BCUT2D eigenvalue weighted by Crippen LogP contribution is 2.40. The molecule has 31 heavy (non-hydrogen) atoms. The Morgan fingerprint density at radius 3 is 2.42 bits per heavy atom. The summed E-state index contributed by atoms with van der Waals surface area (Å²) in [7, 11) is 1.65. The van der Waals surface area contributed by atoms with Gasteiger partial charge in [-0.15, -0.1) is 0 Å². The molecule has 3 aromatic rings. The lowest BCUT2D eigenvalue weighted by Gasteiger charge is -2.21. The second-order valence-corrected chi connectivity index (χ2v) is 8.29. The summed E-state index contributed by atoms with van der Waals surface area (Å²) < 4.78 is 6.93. The van der Waals surface area contributed by atoms with E-state index in [1.54, 1.807) is 11.8 Å². The fraction of sp³-hybridized carbons (Fsp3) is 0.259. The highest BCUT2D eigenvalue weighted by Gasteiger charge is 2.32. The molecule has 156 valence electrons. The number of methoxy groups -OCH3 is 1. The van der Waals surface area contributed by atoms with Gasteiger partial charge >= 0.3 is 0 Å². The topological polar surface area (TPSA) is 44.1 Å². The third kappa shape index (κ3) is 3.42. The van der Waals surface area contributed by atoms with Crippen LogP contribution < -0.4 is 4.74 Å². The highest BCUT2D eigenvalue weighted by molar-refractivity contribution is 6.22. The van der Waals surface area contributed by atoms with Crippen LogP contribution >= 0.6 is 0 Å². The number of hydrogen-bond donors (Lipinski definition) is 0. The Morgan fingerprint density at radius 1 is 0.968 bits per heavy atom. The molecule has 1 aliphatic heterocycles. The van der Waals surface area contributed by atoms with Gasteiger partial charge in [-0.25, -0.2) is 0 Å². The van der Waals surface area contributed by atoms with E-state index in [4.69, 9.17) is 9.84 Å². The molecule has 0 spiro atoms. The van der Waals surface area contributed by atoms with Crippen molar-refractivity contribution in [3.05, 3.63) is 83.1 Å². The van der Waals surface area contributed by atoms with Crippen molar-refractivity contribution < 1.29 is 9.53 Å².